The van der Waals surface area contributed by atoms with E-state index in [4.69, 9.17) is 16.3 Å². The molecule has 0 spiro atoms. The molecule has 1 N–H and O–H groups in total. The number of hydrogen-bond donors (Lipinski definition) is 1. The monoisotopic (exact) mass is 405 g/mol. The second-order valence-electron chi connectivity index (χ2n) is 7.69. The van der Waals surface area contributed by atoms with Gasteiger partial charge in [0.25, 0.3) is 0 Å². The van der Waals surface area contributed by atoms with Crippen LogP contribution in [0.3, 0.4) is 0 Å². The van der Waals surface area contributed by atoms with Crippen LogP contribution in [0.5, 0.6) is 5.75 Å². The lowest BCUT2D eigenvalue weighted by Gasteiger charge is -2.37. The van der Waals surface area contributed by atoms with Crippen LogP contribution in [0.1, 0.15) is 35.1 Å². The Morgan fingerprint density at radius 3 is 2.59 bits per heavy atom. The number of ether oxygens (including phenoxy) is 1. The van der Waals surface area contributed by atoms with Gasteiger partial charge < -0.3 is 10.1 Å². The summed E-state index contributed by atoms with van der Waals surface area (Å²) in [6.45, 7) is 0.506. The highest BCUT2D eigenvalue weighted by Gasteiger charge is 2.37. The lowest BCUT2D eigenvalue weighted by Crippen LogP contribution is -2.29. The normalized spacial score (nSPS) is 21.9. The summed E-state index contributed by atoms with van der Waals surface area (Å²) < 4.78 is 19.7. The molecule has 5 rings (SSSR count). The minimum absolute atomic E-state index is 0.176. The predicted molar refractivity (Wildman–Crippen MR) is 115 cm³/mol. The average molecular weight is 406 g/mol. The maximum absolute atomic E-state index is 13.8. The Labute approximate surface area is 175 Å². The summed E-state index contributed by atoms with van der Waals surface area (Å²) in [6.07, 6.45) is 5.43. The van der Waals surface area contributed by atoms with Gasteiger partial charge in [0, 0.05) is 16.6 Å². The molecule has 146 valence electrons. The highest BCUT2D eigenvalue weighted by molar-refractivity contribution is 6.30. The third-order valence-electron chi connectivity index (χ3n) is 5.88. The summed E-state index contributed by atoms with van der Waals surface area (Å²) in [6, 6.07) is 21.2. The molecule has 0 amide bonds. The van der Waals surface area contributed by atoms with Crippen LogP contribution in [0, 0.1) is 11.7 Å². The van der Waals surface area contributed by atoms with Gasteiger partial charge in [-0.05, 0) is 71.5 Å². The van der Waals surface area contributed by atoms with E-state index in [0.29, 0.717) is 12.5 Å². The molecule has 2 aliphatic rings. The first-order valence-corrected chi connectivity index (χ1v) is 10.2. The molecule has 3 aromatic rings. The van der Waals surface area contributed by atoms with Crippen molar-refractivity contribution >= 4 is 17.3 Å². The van der Waals surface area contributed by atoms with Gasteiger partial charge in [0.15, 0.2) is 0 Å². The van der Waals surface area contributed by atoms with E-state index in [0.717, 1.165) is 34.0 Å². The molecule has 3 atom stereocenters. The molecule has 0 aromatic heterocycles. The fourth-order valence-corrected chi connectivity index (χ4v) is 4.54. The van der Waals surface area contributed by atoms with Crippen LogP contribution >= 0.6 is 11.6 Å². The zero-order valence-corrected chi connectivity index (χ0v) is 16.6. The maximum atomic E-state index is 13.8. The van der Waals surface area contributed by atoms with Crippen molar-refractivity contribution in [2.24, 2.45) is 5.92 Å². The zero-order valence-electron chi connectivity index (χ0n) is 15.8. The molecule has 0 saturated heterocycles. The Bertz CT molecular complexity index is 1050. The highest BCUT2D eigenvalue weighted by atomic mass is 35.5. The van der Waals surface area contributed by atoms with E-state index < -0.39 is 0 Å². The molecule has 1 aliphatic carbocycles. The summed E-state index contributed by atoms with van der Waals surface area (Å²) in [7, 11) is 0. The van der Waals surface area contributed by atoms with E-state index in [1.54, 1.807) is 6.07 Å². The van der Waals surface area contributed by atoms with Crippen LogP contribution < -0.4 is 10.1 Å². The molecule has 2 nitrogen and oxygen atoms in total. The Morgan fingerprint density at radius 2 is 1.79 bits per heavy atom. The van der Waals surface area contributed by atoms with Gasteiger partial charge in [-0.15, -0.1) is 0 Å². The van der Waals surface area contributed by atoms with Gasteiger partial charge in [-0.25, -0.2) is 4.39 Å². The fourth-order valence-electron chi connectivity index (χ4n) is 4.41. The molecule has 1 heterocycles. The van der Waals surface area contributed by atoms with Crippen LogP contribution in [0.2, 0.25) is 5.02 Å². The Morgan fingerprint density at radius 1 is 1.00 bits per heavy atom. The minimum atomic E-state index is -0.176. The maximum Gasteiger partial charge on any atom is 0.123 e. The van der Waals surface area contributed by atoms with Gasteiger partial charge in [0.1, 0.15) is 18.2 Å². The molecule has 0 saturated carbocycles. The van der Waals surface area contributed by atoms with E-state index >= 15 is 0 Å². The third-order valence-corrected chi connectivity index (χ3v) is 6.13. The summed E-state index contributed by atoms with van der Waals surface area (Å²) in [5.74, 6) is 1.31. The standard InChI is InChI=1S/C25H21ClFNO/c26-18-8-4-16(5-9-18)15-29-20-11-6-17(7-12-20)25-22-3-1-2-21(22)23-14-19(27)10-13-24(23)28-25/h1-2,4-14,21-22,25,28H,3,15H2/t21-,22+,25+/m1/s1. The van der Waals surface area contributed by atoms with Crippen molar-refractivity contribution in [2.45, 2.75) is 25.0 Å². The summed E-state index contributed by atoms with van der Waals surface area (Å²) in [5, 5.41) is 4.36. The molecular weight excluding hydrogens is 385 g/mol. The van der Waals surface area contributed by atoms with Crippen molar-refractivity contribution in [3.63, 3.8) is 0 Å². The molecule has 0 fully saturated rings. The van der Waals surface area contributed by atoms with Gasteiger partial charge in [-0.3, -0.25) is 0 Å². The van der Waals surface area contributed by atoms with Crippen molar-refractivity contribution in [1.82, 2.24) is 0 Å². The van der Waals surface area contributed by atoms with Crippen LogP contribution in [0.15, 0.2) is 78.9 Å². The van der Waals surface area contributed by atoms with E-state index in [-0.39, 0.29) is 17.8 Å². The van der Waals surface area contributed by atoms with Crippen molar-refractivity contribution < 1.29 is 9.13 Å². The van der Waals surface area contributed by atoms with Gasteiger partial charge in [0.2, 0.25) is 0 Å². The summed E-state index contributed by atoms with van der Waals surface area (Å²) >= 11 is 5.93. The first kappa shape index (κ1) is 18.3. The largest absolute Gasteiger partial charge is 0.489 e. The zero-order chi connectivity index (χ0) is 19.8. The number of halogens is 2. The summed E-state index contributed by atoms with van der Waals surface area (Å²) in [5.41, 5.74) is 4.38. The Kier molecular flexibility index (Phi) is 4.76. The number of anilines is 1. The quantitative estimate of drug-likeness (QED) is 0.477. The van der Waals surface area contributed by atoms with Crippen molar-refractivity contribution in [2.75, 3.05) is 5.32 Å². The highest BCUT2D eigenvalue weighted by Crippen LogP contribution is 2.49. The van der Waals surface area contributed by atoms with Crippen molar-refractivity contribution in [1.29, 1.82) is 0 Å². The van der Waals surface area contributed by atoms with E-state index in [1.165, 1.54) is 11.6 Å². The first-order chi connectivity index (χ1) is 14.2. The number of allylic oxidation sites excluding steroid dienone is 2. The number of hydrogen-bond acceptors (Lipinski definition) is 2. The second-order valence-corrected chi connectivity index (χ2v) is 8.13. The average Bonchev–Trinajstić information content (AvgIpc) is 3.24. The van der Waals surface area contributed by atoms with E-state index in [1.807, 2.05) is 42.5 Å². The van der Waals surface area contributed by atoms with Crippen molar-refractivity contribution in [3.8, 4) is 5.75 Å². The Hall–Kier alpha value is -2.78. The minimum Gasteiger partial charge on any atom is -0.489 e. The first-order valence-electron chi connectivity index (χ1n) is 9.87. The molecule has 0 unspecified atom stereocenters. The molecule has 3 aromatic carbocycles. The summed E-state index contributed by atoms with van der Waals surface area (Å²) in [4.78, 5) is 0. The SMILES string of the molecule is Fc1ccc2c(c1)[C@@H]1C=CC[C@@H]1[C@H](c1ccc(OCc3ccc(Cl)cc3)cc1)N2. The molecular formula is C25H21ClFNO. The van der Waals surface area contributed by atoms with Gasteiger partial charge in [-0.2, -0.15) is 0 Å². The molecule has 29 heavy (non-hydrogen) atoms. The smallest absolute Gasteiger partial charge is 0.123 e. The number of rotatable bonds is 4. The Balaban J connectivity index is 1.33. The van der Waals surface area contributed by atoms with Crippen LogP contribution in [-0.4, -0.2) is 0 Å². The van der Waals surface area contributed by atoms with Gasteiger partial charge >= 0.3 is 0 Å². The molecule has 0 radical (unpaired) electrons. The van der Waals surface area contributed by atoms with Crippen LogP contribution in [0.4, 0.5) is 10.1 Å². The van der Waals surface area contributed by atoms with E-state index in [9.17, 15) is 4.39 Å². The van der Waals surface area contributed by atoms with Crippen LogP contribution in [0.25, 0.3) is 0 Å². The molecule has 1 aliphatic heterocycles. The number of nitrogens with one attached hydrogen (secondary N) is 1. The molecule has 0 bridgehead atoms. The second kappa shape index (κ2) is 7.57. The number of fused-ring (bicyclic) bond motifs is 3. The molecule has 4 heteroatoms. The van der Waals surface area contributed by atoms with Crippen molar-refractivity contribution in [3.05, 3.63) is 106 Å². The predicted octanol–water partition coefficient (Wildman–Crippen LogP) is 6.88. The lowest BCUT2D eigenvalue weighted by molar-refractivity contribution is 0.306. The third kappa shape index (κ3) is 3.63. The number of benzene rings is 3. The lowest BCUT2D eigenvalue weighted by atomic mass is 9.77. The van der Waals surface area contributed by atoms with E-state index in [2.05, 4.69) is 29.6 Å². The van der Waals surface area contributed by atoms with Crippen LogP contribution in [-0.2, 0) is 6.61 Å². The fraction of sp³-hybridized carbons (Fsp3) is 0.200. The van der Waals surface area contributed by atoms with Gasteiger partial charge in [0.05, 0.1) is 6.04 Å². The van der Waals surface area contributed by atoms with Gasteiger partial charge in [-0.1, -0.05) is 48.0 Å². The topological polar surface area (TPSA) is 21.3 Å².